The summed E-state index contributed by atoms with van der Waals surface area (Å²) in [5.41, 5.74) is 0. The third-order valence-electron chi connectivity index (χ3n) is 4.35. The minimum absolute atomic E-state index is 0.185. The van der Waals surface area contributed by atoms with Crippen molar-refractivity contribution in [3.8, 4) is 0 Å². The van der Waals surface area contributed by atoms with Gasteiger partial charge in [-0.25, -0.2) is 8.42 Å². The van der Waals surface area contributed by atoms with Crippen molar-refractivity contribution in [3.63, 3.8) is 0 Å². The number of sulfone groups is 1. The van der Waals surface area contributed by atoms with Crippen LogP contribution < -0.4 is 0 Å². The molecule has 0 saturated carbocycles. The van der Waals surface area contributed by atoms with Crippen LogP contribution in [0, 0.1) is 0 Å². The van der Waals surface area contributed by atoms with E-state index in [0.717, 1.165) is 12.7 Å². The lowest BCUT2D eigenvalue weighted by Gasteiger charge is -2.45. The van der Waals surface area contributed by atoms with Gasteiger partial charge in [-0.3, -0.25) is 9.59 Å². The molecule has 0 N–H and O–H groups in total. The molecule has 3 fully saturated rings. The number of amides is 2. The summed E-state index contributed by atoms with van der Waals surface area (Å²) in [6, 6.07) is -0.425. The van der Waals surface area contributed by atoms with Crippen molar-refractivity contribution >= 4 is 21.7 Å². The van der Waals surface area contributed by atoms with Crippen molar-refractivity contribution in [1.82, 2.24) is 9.80 Å². The van der Waals surface area contributed by atoms with Gasteiger partial charge in [0.05, 0.1) is 0 Å². The van der Waals surface area contributed by atoms with Crippen LogP contribution in [-0.2, 0) is 19.4 Å². The predicted molar refractivity (Wildman–Crippen MR) is 63.3 cm³/mol. The molecule has 0 bridgehead atoms. The van der Waals surface area contributed by atoms with Gasteiger partial charge >= 0.3 is 0 Å². The molecule has 3 saturated heterocycles. The van der Waals surface area contributed by atoms with Gasteiger partial charge in [-0.1, -0.05) is 0 Å². The van der Waals surface area contributed by atoms with Crippen LogP contribution in [0.5, 0.6) is 0 Å². The van der Waals surface area contributed by atoms with Crippen LogP contribution in [0.4, 0.5) is 0 Å². The highest BCUT2D eigenvalue weighted by Crippen LogP contribution is 2.42. The molecule has 2 amide bonds. The maximum absolute atomic E-state index is 12.6. The summed E-state index contributed by atoms with van der Waals surface area (Å²) in [6.45, 7) is 0.877. The SMILES string of the molecule is CS(=O)(=O)[C@@]12CCCN1C(=O)[C@@H]1CCCN1C2=O. The normalized spacial score (nSPS) is 35.9. The Labute approximate surface area is 106 Å². The largest absolute Gasteiger partial charge is 0.328 e. The van der Waals surface area contributed by atoms with Gasteiger partial charge in [0, 0.05) is 19.3 Å². The number of hydrogen-bond acceptors (Lipinski definition) is 4. The number of piperazine rings is 1. The summed E-state index contributed by atoms with van der Waals surface area (Å²) >= 11 is 0. The van der Waals surface area contributed by atoms with Crippen molar-refractivity contribution in [2.75, 3.05) is 19.3 Å². The summed E-state index contributed by atoms with van der Waals surface area (Å²) in [5, 5.41) is 0. The Hall–Kier alpha value is -1.11. The van der Waals surface area contributed by atoms with E-state index in [1.165, 1.54) is 9.80 Å². The third kappa shape index (κ3) is 1.20. The minimum Gasteiger partial charge on any atom is -0.328 e. The molecule has 0 aromatic rings. The standard InChI is InChI=1S/C11H16N2O4S/c1-18(16,17)11-5-3-7-13(11)9(14)8-4-2-6-12(8)10(11)15/h8H,2-7H2,1H3/t8-,11+/m0/s1. The summed E-state index contributed by atoms with van der Waals surface area (Å²) in [6.07, 6.45) is 3.30. The zero-order valence-corrected chi connectivity index (χ0v) is 11.1. The van der Waals surface area contributed by atoms with Crippen molar-refractivity contribution < 1.29 is 18.0 Å². The van der Waals surface area contributed by atoms with Crippen LogP contribution in [0.1, 0.15) is 25.7 Å². The Morgan fingerprint density at radius 3 is 2.61 bits per heavy atom. The van der Waals surface area contributed by atoms with Gasteiger partial charge in [0.2, 0.25) is 10.8 Å². The molecule has 0 unspecified atom stereocenters. The number of carbonyl (C=O) groups is 2. The maximum Gasteiger partial charge on any atom is 0.265 e. The number of rotatable bonds is 1. The molecule has 3 heterocycles. The molecular weight excluding hydrogens is 256 g/mol. The highest BCUT2D eigenvalue weighted by molar-refractivity contribution is 7.92. The summed E-state index contributed by atoms with van der Waals surface area (Å²) < 4.78 is 24.2. The number of carbonyl (C=O) groups excluding carboxylic acids is 2. The first-order valence-corrected chi connectivity index (χ1v) is 8.11. The number of hydrogen-bond donors (Lipinski definition) is 0. The van der Waals surface area contributed by atoms with Crippen LogP contribution in [0.15, 0.2) is 0 Å². The second-order valence-electron chi connectivity index (χ2n) is 5.31. The van der Waals surface area contributed by atoms with Crippen molar-refractivity contribution in [1.29, 1.82) is 0 Å². The summed E-state index contributed by atoms with van der Waals surface area (Å²) in [4.78, 5) is 26.1. The summed E-state index contributed by atoms with van der Waals surface area (Å²) in [5.74, 6) is -0.570. The van der Waals surface area contributed by atoms with Gasteiger partial charge in [-0.2, -0.15) is 0 Å². The van der Waals surface area contributed by atoms with Crippen molar-refractivity contribution in [2.24, 2.45) is 0 Å². The maximum atomic E-state index is 12.6. The monoisotopic (exact) mass is 272 g/mol. The molecule has 7 heteroatoms. The van der Waals surface area contributed by atoms with E-state index in [1.807, 2.05) is 0 Å². The lowest BCUT2D eigenvalue weighted by molar-refractivity contribution is -0.159. The number of fused-ring (bicyclic) bond motifs is 2. The lowest BCUT2D eigenvalue weighted by Crippen LogP contribution is -2.70. The Balaban J connectivity index is 2.17. The smallest absolute Gasteiger partial charge is 0.265 e. The van der Waals surface area contributed by atoms with Gasteiger partial charge in [0.25, 0.3) is 5.91 Å². The van der Waals surface area contributed by atoms with Crippen LogP contribution in [0.25, 0.3) is 0 Å². The molecule has 2 atom stereocenters. The van der Waals surface area contributed by atoms with Crippen molar-refractivity contribution in [3.05, 3.63) is 0 Å². The fraction of sp³-hybridized carbons (Fsp3) is 0.818. The predicted octanol–water partition coefficient (Wildman–Crippen LogP) is -0.646. The first-order chi connectivity index (χ1) is 8.39. The first kappa shape index (κ1) is 12.0. The van der Waals surface area contributed by atoms with E-state index in [2.05, 4.69) is 0 Å². The molecular formula is C11H16N2O4S. The molecule has 18 heavy (non-hydrogen) atoms. The fourth-order valence-corrected chi connectivity index (χ4v) is 5.05. The average Bonchev–Trinajstić information content (AvgIpc) is 2.92. The van der Waals surface area contributed by atoms with Gasteiger partial charge in [-0.05, 0) is 25.7 Å². The van der Waals surface area contributed by atoms with Gasteiger partial charge in [-0.15, -0.1) is 0 Å². The minimum atomic E-state index is -3.63. The zero-order valence-electron chi connectivity index (χ0n) is 10.3. The lowest BCUT2D eigenvalue weighted by atomic mass is 10.1. The van der Waals surface area contributed by atoms with Crippen LogP contribution in [0.3, 0.4) is 0 Å². The first-order valence-electron chi connectivity index (χ1n) is 6.22. The average molecular weight is 272 g/mol. The highest BCUT2D eigenvalue weighted by Gasteiger charge is 2.64. The topological polar surface area (TPSA) is 74.8 Å². The molecule has 3 rings (SSSR count). The second kappa shape index (κ2) is 3.46. The van der Waals surface area contributed by atoms with Crippen LogP contribution in [0.2, 0.25) is 0 Å². The van der Waals surface area contributed by atoms with E-state index in [-0.39, 0.29) is 18.2 Å². The number of nitrogens with zero attached hydrogens (tertiary/aromatic N) is 2. The molecule has 0 aromatic heterocycles. The van der Waals surface area contributed by atoms with E-state index in [9.17, 15) is 18.0 Å². The Morgan fingerprint density at radius 1 is 1.22 bits per heavy atom. The molecule has 0 spiro atoms. The third-order valence-corrected chi connectivity index (χ3v) is 6.17. The van der Waals surface area contributed by atoms with Crippen LogP contribution >= 0.6 is 0 Å². The van der Waals surface area contributed by atoms with Gasteiger partial charge in [0.1, 0.15) is 6.04 Å². The Bertz CT molecular complexity index is 529. The molecule has 3 aliphatic heterocycles. The van der Waals surface area contributed by atoms with Crippen LogP contribution in [-0.4, -0.2) is 60.3 Å². The second-order valence-corrected chi connectivity index (χ2v) is 7.53. The van der Waals surface area contributed by atoms with Gasteiger partial charge < -0.3 is 9.80 Å². The molecule has 0 aromatic carbocycles. The highest BCUT2D eigenvalue weighted by atomic mass is 32.2. The fourth-order valence-electron chi connectivity index (χ4n) is 3.52. The Morgan fingerprint density at radius 2 is 1.94 bits per heavy atom. The van der Waals surface area contributed by atoms with E-state index in [4.69, 9.17) is 0 Å². The molecule has 0 aliphatic carbocycles. The Kier molecular flexibility index (Phi) is 2.30. The van der Waals surface area contributed by atoms with E-state index >= 15 is 0 Å². The molecule has 3 aliphatic rings. The molecule has 100 valence electrons. The molecule has 0 radical (unpaired) electrons. The van der Waals surface area contributed by atoms with Crippen molar-refractivity contribution in [2.45, 2.75) is 36.6 Å². The quantitative estimate of drug-likeness (QED) is 0.636. The summed E-state index contributed by atoms with van der Waals surface area (Å²) in [7, 11) is -3.63. The zero-order chi connectivity index (χ0) is 13.1. The van der Waals surface area contributed by atoms with E-state index in [1.54, 1.807) is 0 Å². The van der Waals surface area contributed by atoms with E-state index < -0.39 is 20.8 Å². The van der Waals surface area contributed by atoms with Gasteiger partial charge in [0.15, 0.2) is 9.84 Å². The van der Waals surface area contributed by atoms with E-state index in [0.29, 0.717) is 25.9 Å². The molecule has 6 nitrogen and oxygen atoms in total.